The minimum atomic E-state index is -4.68. The Morgan fingerprint density at radius 1 is 1.11 bits per heavy atom. The van der Waals surface area contributed by atoms with Crippen LogP contribution in [-0.4, -0.2) is 51.9 Å². The number of anilines is 2. The Morgan fingerprint density at radius 2 is 1.87 bits per heavy atom. The zero-order valence-corrected chi connectivity index (χ0v) is 21.7. The zero-order chi connectivity index (χ0) is 27.1. The van der Waals surface area contributed by atoms with Crippen LogP contribution in [0.4, 0.5) is 24.8 Å². The first-order chi connectivity index (χ1) is 18.0. The van der Waals surface area contributed by atoms with Crippen molar-refractivity contribution in [3.63, 3.8) is 0 Å². The van der Waals surface area contributed by atoms with Gasteiger partial charge in [0.05, 0.1) is 16.9 Å². The molecule has 0 saturated carbocycles. The predicted molar refractivity (Wildman–Crippen MR) is 139 cm³/mol. The van der Waals surface area contributed by atoms with Gasteiger partial charge in [-0.1, -0.05) is 13.8 Å². The minimum absolute atomic E-state index is 0.00936. The number of aryl methyl sites for hydroxylation is 1. The van der Waals surface area contributed by atoms with Crippen molar-refractivity contribution in [2.45, 2.75) is 57.2 Å². The number of aromatic nitrogens is 3. The van der Waals surface area contributed by atoms with Crippen molar-refractivity contribution in [1.29, 1.82) is 0 Å². The highest BCUT2D eigenvalue weighted by molar-refractivity contribution is 5.95. The highest BCUT2D eigenvalue weighted by atomic mass is 19.4. The lowest BCUT2D eigenvalue weighted by atomic mass is 9.86. The Balaban J connectivity index is 1.38. The van der Waals surface area contributed by atoms with Crippen LogP contribution in [0, 0.1) is 0 Å². The Labute approximate surface area is 219 Å². The van der Waals surface area contributed by atoms with E-state index < -0.39 is 17.6 Å². The van der Waals surface area contributed by atoms with E-state index in [1.807, 2.05) is 7.05 Å². The first-order valence-electron chi connectivity index (χ1n) is 12.8. The van der Waals surface area contributed by atoms with Crippen LogP contribution in [0.1, 0.15) is 60.3 Å². The Morgan fingerprint density at radius 3 is 2.61 bits per heavy atom. The largest absolute Gasteiger partial charge is 0.418 e. The highest BCUT2D eigenvalue weighted by Gasteiger charge is 2.35. The summed E-state index contributed by atoms with van der Waals surface area (Å²) in [6.07, 6.45) is 2.02. The topological polar surface area (TPSA) is 83.0 Å². The van der Waals surface area contributed by atoms with Crippen LogP contribution in [0.15, 0.2) is 42.7 Å². The molecule has 1 saturated heterocycles. The van der Waals surface area contributed by atoms with Gasteiger partial charge in [-0.05, 0) is 87.1 Å². The van der Waals surface area contributed by atoms with Crippen LogP contribution in [0.2, 0.25) is 0 Å². The van der Waals surface area contributed by atoms with E-state index in [0.717, 1.165) is 61.7 Å². The van der Waals surface area contributed by atoms with Crippen molar-refractivity contribution in [2.75, 3.05) is 25.5 Å². The Hall–Kier alpha value is -3.53. The van der Waals surface area contributed by atoms with Crippen LogP contribution >= 0.6 is 0 Å². The van der Waals surface area contributed by atoms with Crippen LogP contribution in [0.3, 0.4) is 0 Å². The molecule has 3 aromatic rings. The van der Waals surface area contributed by atoms with Crippen molar-refractivity contribution < 1.29 is 18.0 Å². The normalized spacial score (nSPS) is 17.7. The molecule has 2 aromatic heterocycles. The number of carbonyl (C=O) groups is 1. The summed E-state index contributed by atoms with van der Waals surface area (Å²) in [7, 11) is 2.00. The van der Waals surface area contributed by atoms with E-state index in [2.05, 4.69) is 50.4 Å². The molecule has 1 aliphatic carbocycles. The molecule has 2 aliphatic rings. The average Bonchev–Trinajstić information content (AvgIpc) is 3.19. The number of benzene rings is 1. The number of rotatable bonds is 5. The van der Waals surface area contributed by atoms with Gasteiger partial charge in [0, 0.05) is 35.3 Å². The van der Waals surface area contributed by atoms with Crippen LogP contribution in [0.25, 0.3) is 11.3 Å². The first kappa shape index (κ1) is 26.1. The van der Waals surface area contributed by atoms with Crippen molar-refractivity contribution in [3.8, 4) is 11.3 Å². The molecule has 0 atom stereocenters. The fourth-order valence-electron chi connectivity index (χ4n) is 5.13. The lowest BCUT2D eigenvalue weighted by Gasteiger charge is -2.29. The quantitative estimate of drug-likeness (QED) is 0.468. The predicted octanol–water partition coefficient (Wildman–Crippen LogP) is 5.35. The van der Waals surface area contributed by atoms with Crippen molar-refractivity contribution in [2.24, 2.45) is 0 Å². The Kier molecular flexibility index (Phi) is 6.85. The molecule has 2 N–H and O–H groups in total. The molecule has 0 spiro atoms. The average molecular weight is 525 g/mol. The van der Waals surface area contributed by atoms with Gasteiger partial charge in [-0.25, -0.2) is 9.97 Å². The van der Waals surface area contributed by atoms with Gasteiger partial charge in [0.1, 0.15) is 0 Å². The maximum Gasteiger partial charge on any atom is 0.418 e. The maximum atomic E-state index is 14.0. The minimum Gasteiger partial charge on any atom is -0.349 e. The van der Waals surface area contributed by atoms with E-state index in [9.17, 15) is 18.0 Å². The number of hydrogen-bond donors (Lipinski definition) is 2. The number of nitrogens with zero attached hydrogens (tertiary/aromatic N) is 4. The fraction of sp³-hybridized carbons (Fsp3) is 0.429. The molecule has 3 heterocycles. The van der Waals surface area contributed by atoms with Crippen molar-refractivity contribution >= 4 is 17.5 Å². The summed E-state index contributed by atoms with van der Waals surface area (Å²) in [6.45, 7) is 6.02. The van der Waals surface area contributed by atoms with Crippen molar-refractivity contribution in [1.82, 2.24) is 25.2 Å². The van der Waals surface area contributed by atoms with Gasteiger partial charge in [0.2, 0.25) is 5.95 Å². The molecule has 0 unspecified atom stereocenters. The molecule has 200 valence electrons. The molecule has 0 radical (unpaired) electrons. The number of fused-ring (bicyclic) bond motifs is 1. The molecule has 5 rings (SSSR count). The van der Waals surface area contributed by atoms with Gasteiger partial charge >= 0.3 is 6.18 Å². The summed E-state index contributed by atoms with van der Waals surface area (Å²) >= 11 is 0. The summed E-state index contributed by atoms with van der Waals surface area (Å²) in [5, 5.41) is 5.58. The standard InChI is InChI=1S/C28H31F3N6O/c1-27(2)10-6-23-20(27)15-18(16-33-23)22-7-11-32-26(35-22)36-24-5-4-17(14-21(24)28(29,30)31)25(38)34-19-8-12-37(3)13-9-19/h4-5,7,11,14-16,19H,6,8-10,12-13H2,1-3H3,(H,34,38)(H,32,35,36). The number of amides is 1. The molecule has 38 heavy (non-hydrogen) atoms. The Bertz CT molecular complexity index is 1350. The molecule has 0 bridgehead atoms. The molecular weight excluding hydrogens is 493 g/mol. The molecule has 7 nitrogen and oxygen atoms in total. The SMILES string of the molecule is CN1CCC(NC(=O)c2ccc(Nc3nccc(-c4cnc5c(c4)C(C)(C)CC5)n3)c(C(F)(F)F)c2)CC1. The smallest absolute Gasteiger partial charge is 0.349 e. The van der Waals surface area contributed by atoms with Gasteiger partial charge in [-0.2, -0.15) is 13.2 Å². The highest BCUT2D eigenvalue weighted by Crippen LogP contribution is 2.39. The summed E-state index contributed by atoms with van der Waals surface area (Å²) < 4.78 is 42.0. The molecule has 1 fully saturated rings. The van der Waals surface area contributed by atoms with Gasteiger partial charge in [0.15, 0.2) is 0 Å². The summed E-state index contributed by atoms with van der Waals surface area (Å²) in [6, 6.07) is 7.22. The van der Waals surface area contributed by atoms with Crippen LogP contribution in [0.5, 0.6) is 0 Å². The van der Waals surface area contributed by atoms with Crippen LogP contribution < -0.4 is 10.6 Å². The second kappa shape index (κ2) is 9.98. The van der Waals surface area contributed by atoms with Gasteiger partial charge in [-0.3, -0.25) is 9.78 Å². The van der Waals surface area contributed by atoms with Gasteiger partial charge in [0.25, 0.3) is 5.91 Å². The number of alkyl halides is 3. The van der Waals surface area contributed by atoms with Crippen molar-refractivity contribution in [3.05, 3.63) is 65.1 Å². The summed E-state index contributed by atoms with van der Waals surface area (Å²) in [5.41, 5.74) is 2.36. The molecule has 1 aromatic carbocycles. The second-order valence-electron chi connectivity index (χ2n) is 10.8. The van der Waals surface area contributed by atoms with E-state index in [4.69, 9.17) is 0 Å². The van der Waals surface area contributed by atoms with E-state index in [1.54, 1.807) is 12.3 Å². The number of nitrogens with one attached hydrogen (secondary N) is 2. The van der Waals surface area contributed by atoms with Crippen LogP contribution in [-0.2, 0) is 18.0 Å². The van der Waals surface area contributed by atoms with E-state index in [1.165, 1.54) is 18.3 Å². The molecule has 1 aliphatic heterocycles. The number of pyridine rings is 1. The second-order valence-corrected chi connectivity index (χ2v) is 10.8. The number of likely N-dealkylation sites (tertiary alicyclic amines) is 1. The molecule has 1 amide bonds. The number of hydrogen-bond acceptors (Lipinski definition) is 6. The number of piperidine rings is 1. The summed E-state index contributed by atoms with van der Waals surface area (Å²) in [5.74, 6) is -0.488. The number of halogens is 3. The lowest BCUT2D eigenvalue weighted by molar-refractivity contribution is -0.136. The maximum absolute atomic E-state index is 14.0. The van der Waals surface area contributed by atoms with Gasteiger partial charge < -0.3 is 15.5 Å². The zero-order valence-electron chi connectivity index (χ0n) is 21.7. The summed E-state index contributed by atoms with van der Waals surface area (Å²) in [4.78, 5) is 28.1. The third-order valence-electron chi connectivity index (χ3n) is 7.52. The first-order valence-corrected chi connectivity index (χ1v) is 12.8. The molecule has 10 heteroatoms. The van der Waals surface area contributed by atoms with E-state index in [0.29, 0.717) is 5.69 Å². The fourth-order valence-corrected chi connectivity index (χ4v) is 5.13. The monoisotopic (exact) mass is 524 g/mol. The third kappa shape index (κ3) is 5.50. The molecular formula is C28H31F3N6O. The van der Waals surface area contributed by atoms with Gasteiger partial charge in [-0.15, -0.1) is 0 Å². The van der Waals surface area contributed by atoms with E-state index >= 15 is 0 Å². The third-order valence-corrected chi connectivity index (χ3v) is 7.52. The van der Waals surface area contributed by atoms with E-state index in [-0.39, 0.29) is 28.7 Å². The lowest BCUT2D eigenvalue weighted by Crippen LogP contribution is -2.43. The number of carbonyl (C=O) groups excluding carboxylic acids is 1.